The molecule has 0 spiro atoms. The number of aromatic nitrogens is 1. The highest BCUT2D eigenvalue weighted by molar-refractivity contribution is 7.92. The number of aromatic amines is 1. The fraction of sp³-hybridized carbons (Fsp3) is 0.143. The van der Waals surface area contributed by atoms with E-state index in [2.05, 4.69) is 21.5 Å². The molecular weight excluding hydrogens is 559 g/mol. The van der Waals surface area contributed by atoms with Crippen molar-refractivity contribution in [2.75, 3.05) is 16.0 Å². The summed E-state index contributed by atoms with van der Waals surface area (Å²) in [6, 6.07) is 10.6. The van der Waals surface area contributed by atoms with E-state index in [1.54, 1.807) is 25.1 Å². The summed E-state index contributed by atoms with van der Waals surface area (Å²) in [4.78, 5) is 16.3. The van der Waals surface area contributed by atoms with E-state index in [-0.39, 0.29) is 34.1 Å². The first-order chi connectivity index (χ1) is 19.2. The Morgan fingerprint density at radius 3 is 2.41 bits per heavy atom. The maximum Gasteiger partial charge on any atom is 0.229 e. The number of benzene rings is 3. The lowest BCUT2D eigenvalue weighted by molar-refractivity contribution is 0.102. The van der Waals surface area contributed by atoms with Crippen molar-refractivity contribution in [3.63, 3.8) is 0 Å². The molecule has 1 heterocycles. The number of hydrogen-bond acceptors (Lipinski definition) is 7. The minimum Gasteiger partial charge on any atom is -0.454 e. The number of nitrogens with one attached hydrogen (secondary N) is 2. The van der Waals surface area contributed by atoms with Crippen LogP contribution < -0.4 is 20.2 Å². The quantitative estimate of drug-likeness (QED) is 0.0977. The molecule has 3 aromatic carbocycles. The Labute approximate surface area is 234 Å². The molecule has 0 saturated carbocycles. The number of allylic oxidation sites excluding steroid dienone is 1. The largest absolute Gasteiger partial charge is 0.454 e. The maximum atomic E-state index is 15.3. The number of ether oxygens (including phenoxy) is 1. The molecular formula is C28H26F3N5O4S. The topological polar surface area (TPSA) is 130 Å². The Kier molecular flexibility index (Phi) is 7.84. The van der Waals surface area contributed by atoms with Gasteiger partial charge in [0.2, 0.25) is 21.6 Å². The van der Waals surface area contributed by atoms with Crippen LogP contribution in [0.4, 0.5) is 24.5 Å². The van der Waals surface area contributed by atoms with E-state index >= 15 is 4.39 Å². The number of fused-ring (bicyclic) bond motifs is 1. The summed E-state index contributed by atoms with van der Waals surface area (Å²) in [6.07, 6.45) is 1.03. The summed E-state index contributed by atoms with van der Waals surface area (Å²) in [6.45, 7) is 8.11. The SMILES string of the molecule is C=NN(/C(N)=C(\C)C(=O)c1cc2cc(C)c(NS(C)(=O)=O)cc2[nH]1)c1c(C)cc(Oc2cccc(F)c2F)cc1F. The van der Waals surface area contributed by atoms with Gasteiger partial charge in [0.15, 0.2) is 17.4 Å². The number of H-pyrrole nitrogens is 1. The lowest BCUT2D eigenvalue weighted by atomic mass is 10.1. The van der Waals surface area contributed by atoms with E-state index < -0.39 is 39.0 Å². The van der Waals surface area contributed by atoms with Crippen LogP contribution in [0, 0.1) is 31.3 Å². The molecule has 0 aliphatic rings. The first-order valence-corrected chi connectivity index (χ1v) is 13.9. The van der Waals surface area contributed by atoms with E-state index in [0.29, 0.717) is 22.2 Å². The third-order valence-electron chi connectivity index (χ3n) is 6.18. The van der Waals surface area contributed by atoms with Gasteiger partial charge in [-0.3, -0.25) is 9.52 Å². The number of ketones is 1. The Morgan fingerprint density at radius 2 is 1.78 bits per heavy atom. The number of Topliss-reactive ketones (excluding diaryl/α,β-unsaturated/α-hetero) is 1. The van der Waals surface area contributed by atoms with Crippen molar-refractivity contribution in [2.24, 2.45) is 10.8 Å². The Hall–Kier alpha value is -4.78. The van der Waals surface area contributed by atoms with Crippen LogP contribution in [0.1, 0.15) is 28.5 Å². The third-order valence-corrected chi connectivity index (χ3v) is 6.77. The van der Waals surface area contributed by atoms with Gasteiger partial charge in [0.1, 0.15) is 17.3 Å². The standard InChI is InChI=1S/C28H26F3N5O4S/c1-14-9-17-11-23(34-22(17)13-21(14)35-41(5,38)39)27(37)16(3)28(32)36(33-4)26-15(2)10-18(12-20(26)30)40-24-8-6-7-19(29)25(24)31/h6-13,34-35H,4,32H2,1-3,5H3/b28-16+. The predicted molar refractivity (Wildman–Crippen MR) is 152 cm³/mol. The summed E-state index contributed by atoms with van der Waals surface area (Å²) in [7, 11) is -3.52. The molecule has 4 aromatic rings. The molecule has 0 amide bonds. The number of aryl methyl sites for hydroxylation is 2. The molecule has 214 valence electrons. The van der Waals surface area contributed by atoms with Crippen molar-refractivity contribution in [2.45, 2.75) is 20.8 Å². The van der Waals surface area contributed by atoms with Crippen LogP contribution >= 0.6 is 0 Å². The fourth-order valence-electron chi connectivity index (χ4n) is 4.19. The number of hydrogen-bond donors (Lipinski definition) is 3. The van der Waals surface area contributed by atoms with Crippen LogP contribution in [0.3, 0.4) is 0 Å². The van der Waals surface area contributed by atoms with Gasteiger partial charge in [-0.2, -0.15) is 9.49 Å². The van der Waals surface area contributed by atoms with Crippen LogP contribution in [0.2, 0.25) is 0 Å². The summed E-state index contributed by atoms with van der Waals surface area (Å²) in [5, 5.41) is 5.40. The minimum absolute atomic E-state index is 0.0103. The van der Waals surface area contributed by atoms with E-state index in [1.165, 1.54) is 32.0 Å². The number of nitrogens with zero attached hydrogens (tertiary/aromatic N) is 2. The minimum atomic E-state index is -3.52. The second kappa shape index (κ2) is 11.0. The van der Waals surface area contributed by atoms with Crippen molar-refractivity contribution in [1.82, 2.24) is 4.98 Å². The summed E-state index contributed by atoms with van der Waals surface area (Å²) in [5.74, 6) is -4.49. The molecule has 13 heteroatoms. The molecule has 4 rings (SSSR count). The average Bonchev–Trinajstić information content (AvgIpc) is 3.29. The Bertz CT molecular complexity index is 1830. The first kappa shape index (κ1) is 29.2. The third kappa shape index (κ3) is 6.04. The zero-order chi connectivity index (χ0) is 30.2. The predicted octanol–water partition coefficient (Wildman–Crippen LogP) is 5.86. The van der Waals surface area contributed by atoms with E-state index in [9.17, 15) is 22.0 Å². The molecule has 0 saturated heterocycles. The Balaban J connectivity index is 1.67. The number of nitrogens with two attached hydrogens (primary N) is 1. The maximum absolute atomic E-state index is 15.3. The molecule has 0 radical (unpaired) electrons. The summed E-state index contributed by atoms with van der Waals surface area (Å²) in [5.41, 5.74) is 8.04. The molecule has 0 atom stereocenters. The van der Waals surface area contributed by atoms with Gasteiger partial charge < -0.3 is 15.5 Å². The van der Waals surface area contributed by atoms with Crippen LogP contribution in [-0.4, -0.2) is 32.2 Å². The number of hydrazone groups is 1. The van der Waals surface area contributed by atoms with E-state index in [0.717, 1.165) is 23.4 Å². The number of halogens is 3. The number of sulfonamides is 1. The van der Waals surface area contributed by atoms with Crippen molar-refractivity contribution >= 4 is 44.8 Å². The van der Waals surface area contributed by atoms with Crippen molar-refractivity contribution < 1.29 is 31.1 Å². The molecule has 0 aliphatic carbocycles. The van der Waals surface area contributed by atoms with Crippen LogP contribution in [0.25, 0.3) is 10.9 Å². The smallest absolute Gasteiger partial charge is 0.229 e. The monoisotopic (exact) mass is 585 g/mol. The van der Waals surface area contributed by atoms with Gasteiger partial charge in [0.25, 0.3) is 0 Å². The Morgan fingerprint density at radius 1 is 1.07 bits per heavy atom. The van der Waals surface area contributed by atoms with Crippen LogP contribution in [0.15, 0.2) is 65.0 Å². The van der Waals surface area contributed by atoms with Crippen LogP contribution in [0.5, 0.6) is 11.5 Å². The van der Waals surface area contributed by atoms with Crippen molar-refractivity contribution in [3.05, 3.63) is 94.2 Å². The molecule has 41 heavy (non-hydrogen) atoms. The normalized spacial score (nSPS) is 12.2. The van der Waals surface area contributed by atoms with Gasteiger partial charge in [-0.15, -0.1) is 0 Å². The molecule has 0 aliphatic heterocycles. The average molecular weight is 586 g/mol. The van der Waals surface area contributed by atoms with Crippen molar-refractivity contribution in [1.29, 1.82) is 0 Å². The van der Waals surface area contributed by atoms with Gasteiger partial charge in [-0.25, -0.2) is 22.2 Å². The lowest BCUT2D eigenvalue weighted by Gasteiger charge is -2.23. The molecule has 0 unspecified atom stereocenters. The summed E-state index contributed by atoms with van der Waals surface area (Å²) >= 11 is 0. The second-order valence-corrected chi connectivity index (χ2v) is 11.1. The van der Waals surface area contributed by atoms with Gasteiger partial charge in [-0.1, -0.05) is 6.07 Å². The summed E-state index contributed by atoms with van der Waals surface area (Å²) < 4.78 is 74.0. The highest BCUT2D eigenvalue weighted by Crippen LogP contribution is 2.34. The molecule has 0 bridgehead atoms. The first-order valence-electron chi connectivity index (χ1n) is 12.0. The zero-order valence-electron chi connectivity index (χ0n) is 22.5. The molecule has 4 N–H and O–H groups in total. The van der Waals surface area contributed by atoms with Crippen molar-refractivity contribution in [3.8, 4) is 11.5 Å². The van der Waals surface area contributed by atoms with Gasteiger partial charge in [-0.05, 0) is 68.3 Å². The second-order valence-electron chi connectivity index (χ2n) is 9.33. The van der Waals surface area contributed by atoms with Crippen LogP contribution in [-0.2, 0) is 10.0 Å². The van der Waals surface area contributed by atoms with Gasteiger partial charge >= 0.3 is 0 Å². The van der Waals surface area contributed by atoms with Gasteiger partial charge in [0, 0.05) is 29.3 Å². The zero-order valence-corrected chi connectivity index (χ0v) is 23.3. The molecule has 1 aromatic heterocycles. The number of rotatable bonds is 9. The number of carbonyl (C=O) groups is 1. The van der Waals surface area contributed by atoms with Gasteiger partial charge in [0.05, 0.1) is 17.6 Å². The van der Waals surface area contributed by atoms with E-state index in [1.807, 2.05) is 0 Å². The number of anilines is 2. The lowest BCUT2D eigenvalue weighted by Crippen LogP contribution is -2.27. The highest BCUT2D eigenvalue weighted by atomic mass is 32.2. The highest BCUT2D eigenvalue weighted by Gasteiger charge is 2.23. The van der Waals surface area contributed by atoms with E-state index in [4.69, 9.17) is 10.5 Å². The molecule has 0 fully saturated rings. The fourth-order valence-corrected chi connectivity index (χ4v) is 4.81. The molecule has 9 nitrogen and oxygen atoms in total. The number of carbonyl (C=O) groups excluding carboxylic acids is 1.